The van der Waals surface area contributed by atoms with Gasteiger partial charge >= 0.3 is 0 Å². The average molecular weight is 157 g/mol. The van der Waals surface area contributed by atoms with E-state index < -0.39 is 0 Å². The summed E-state index contributed by atoms with van der Waals surface area (Å²) in [6, 6.07) is 1.62. The van der Waals surface area contributed by atoms with Crippen LogP contribution in [-0.4, -0.2) is 16.5 Å². The summed E-state index contributed by atoms with van der Waals surface area (Å²) in [7, 11) is 0. The third-order valence-electron chi connectivity index (χ3n) is 1.01. The fraction of sp³-hybridized carbons (Fsp3) is 0.333. The Bertz CT molecular complexity index is 244. The number of hydrogen-bond donors (Lipinski definition) is 0. The van der Waals surface area contributed by atoms with Gasteiger partial charge in [0, 0.05) is 6.07 Å². The minimum atomic E-state index is -0.0828. The Kier molecular flexibility index (Phi) is 2.11. The molecule has 1 heterocycles. The summed E-state index contributed by atoms with van der Waals surface area (Å²) in [6.45, 7) is 1.78. The Labute approximate surface area is 62.8 Å². The van der Waals surface area contributed by atoms with Gasteiger partial charge in [-0.25, -0.2) is 0 Å². The second-order valence-corrected chi connectivity index (χ2v) is 2.60. The average Bonchev–Trinajstić information content (AvgIpc) is 2.34. The molecule has 0 fully saturated rings. The maximum absolute atomic E-state index is 10.9. The van der Waals surface area contributed by atoms with Gasteiger partial charge in [-0.2, -0.15) is 0 Å². The number of aromatic nitrogens is 1. The molecule has 4 heteroatoms. The van der Waals surface area contributed by atoms with Crippen molar-refractivity contribution in [3.63, 3.8) is 0 Å². The highest BCUT2D eigenvalue weighted by atomic mass is 32.2. The van der Waals surface area contributed by atoms with E-state index in [2.05, 4.69) is 5.16 Å². The number of aryl methyl sites for hydroxylation is 1. The van der Waals surface area contributed by atoms with Gasteiger partial charge in [-0.05, 0) is 13.2 Å². The number of nitrogens with zero attached hydrogens (tertiary/aromatic N) is 1. The summed E-state index contributed by atoms with van der Waals surface area (Å²) < 4.78 is 4.70. The first-order chi connectivity index (χ1) is 4.74. The molecule has 0 radical (unpaired) electrons. The van der Waals surface area contributed by atoms with E-state index in [1.807, 2.05) is 0 Å². The zero-order valence-corrected chi connectivity index (χ0v) is 6.57. The Morgan fingerprint density at radius 1 is 1.80 bits per heavy atom. The molecule has 0 saturated carbocycles. The van der Waals surface area contributed by atoms with Crippen LogP contribution >= 0.6 is 11.8 Å². The van der Waals surface area contributed by atoms with Crippen molar-refractivity contribution in [2.45, 2.75) is 6.92 Å². The molecule has 3 nitrogen and oxygen atoms in total. The summed E-state index contributed by atoms with van der Waals surface area (Å²) >= 11 is 1.12. The Morgan fingerprint density at radius 2 is 2.50 bits per heavy atom. The monoisotopic (exact) mass is 157 g/mol. The third-order valence-corrected chi connectivity index (χ3v) is 1.59. The lowest BCUT2D eigenvalue weighted by atomic mass is 10.4. The molecule has 0 amide bonds. The molecule has 0 unspecified atom stereocenters. The molecule has 0 aliphatic heterocycles. The van der Waals surface area contributed by atoms with Crippen LogP contribution in [0.2, 0.25) is 0 Å². The van der Waals surface area contributed by atoms with Crippen molar-refractivity contribution in [3.05, 3.63) is 17.5 Å². The van der Waals surface area contributed by atoms with Crippen LogP contribution in [0.1, 0.15) is 16.2 Å². The predicted octanol–water partition coefficient (Wildman–Crippen LogP) is 1.49. The molecule has 0 N–H and O–H groups in total. The summed E-state index contributed by atoms with van der Waals surface area (Å²) in [6.07, 6.45) is 1.71. The van der Waals surface area contributed by atoms with E-state index in [4.69, 9.17) is 4.52 Å². The van der Waals surface area contributed by atoms with Crippen LogP contribution in [-0.2, 0) is 0 Å². The zero-order valence-electron chi connectivity index (χ0n) is 5.75. The van der Waals surface area contributed by atoms with Gasteiger partial charge in [0.15, 0.2) is 0 Å². The quantitative estimate of drug-likeness (QED) is 0.619. The Morgan fingerprint density at radius 3 is 2.90 bits per heavy atom. The van der Waals surface area contributed by atoms with Crippen LogP contribution < -0.4 is 0 Å². The lowest BCUT2D eigenvalue weighted by molar-refractivity contribution is 0.105. The fourth-order valence-corrected chi connectivity index (χ4v) is 0.858. The van der Waals surface area contributed by atoms with E-state index >= 15 is 0 Å². The molecular formula is C6H7NO2S. The van der Waals surface area contributed by atoms with Crippen LogP contribution in [0.25, 0.3) is 0 Å². The first kappa shape index (κ1) is 7.34. The lowest BCUT2D eigenvalue weighted by Crippen LogP contribution is -1.86. The van der Waals surface area contributed by atoms with Gasteiger partial charge in [-0.15, -0.1) is 0 Å². The summed E-state index contributed by atoms with van der Waals surface area (Å²) in [5, 5.41) is 3.49. The van der Waals surface area contributed by atoms with Crippen molar-refractivity contribution in [1.29, 1.82) is 0 Å². The maximum Gasteiger partial charge on any atom is 0.257 e. The Hall–Kier alpha value is -0.770. The zero-order chi connectivity index (χ0) is 7.56. The molecule has 1 aromatic rings. The summed E-state index contributed by atoms with van der Waals surface area (Å²) in [4.78, 5) is 10.9. The van der Waals surface area contributed by atoms with E-state index in [0.717, 1.165) is 17.5 Å². The molecule has 0 spiro atoms. The fourth-order valence-electron chi connectivity index (χ4n) is 0.560. The van der Waals surface area contributed by atoms with Crippen molar-refractivity contribution in [2.24, 2.45) is 0 Å². The van der Waals surface area contributed by atoms with Crippen molar-refractivity contribution in [3.8, 4) is 0 Å². The number of thioether (sulfide) groups is 1. The molecule has 0 aromatic carbocycles. The molecule has 54 valence electrons. The number of carbonyl (C=O) groups excluding carboxylic acids is 1. The van der Waals surface area contributed by atoms with Gasteiger partial charge in [0.25, 0.3) is 5.12 Å². The van der Waals surface area contributed by atoms with E-state index in [9.17, 15) is 4.79 Å². The van der Waals surface area contributed by atoms with E-state index in [-0.39, 0.29) is 5.12 Å². The van der Waals surface area contributed by atoms with Gasteiger partial charge < -0.3 is 4.52 Å². The first-order valence-electron chi connectivity index (χ1n) is 2.75. The van der Waals surface area contributed by atoms with Gasteiger partial charge in [0.05, 0.1) is 5.69 Å². The standard InChI is InChI=1S/C6H7NO2S/c1-4-3-5(9-7-4)6(8)10-2/h3H,1-2H3. The predicted molar refractivity (Wildman–Crippen MR) is 39.1 cm³/mol. The highest BCUT2D eigenvalue weighted by Crippen LogP contribution is 2.09. The molecule has 0 saturated heterocycles. The third kappa shape index (κ3) is 1.39. The molecule has 0 atom stereocenters. The molecule has 0 aliphatic rings. The van der Waals surface area contributed by atoms with Crippen molar-refractivity contribution < 1.29 is 9.32 Å². The largest absolute Gasteiger partial charge is 0.352 e. The lowest BCUT2D eigenvalue weighted by Gasteiger charge is -1.83. The molecule has 0 bridgehead atoms. The van der Waals surface area contributed by atoms with Crippen molar-refractivity contribution in [2.75, 3.05) is 6.26 Å². The number of hydrogen-bond acceptors (Lipinski definition) is 4. The first-order valence-corrected chi connectivity index (χ1v) is 3.98. The number of rotatable bonds is 1. The maximum atomic E-state index is 10.9. The number of carbonyl (C=O) groups is 1. The minimum Gasteiger partial charge on any atom is -0.352 e. The molecule has 10 heavy (non-hydrogen) atoms. The van der Waals surface area contributed by atoms with Crippen LogP contribution in [0.4, 0.5) is 0 Å². The second kappa shape index (κ2) is 2.88. The van der Waals surface area contributed by atoms with Gasteiger partial charge in [0.1, 0.15) is 0 Å². The topological polar surface area (TPSA) is 43.1 Å². The van der Waals surface area contributed by atoms with Gasteiger partial charge in [-0.3, -0.25) is 4.79 Å². The molecule has 1 aromatic heterocycles. The molecule has 0 aliphatic carbocycles. The van der Waals surface area contributed by atoms with E-state index in [1.54, 1.807) is 19.2 Å². The van der Waals surface area contributed by atoms with E-state index in [1.165, 1.54) is 0 Å². The van der Waals surface area contributed by atoms with Crippen LogP contribution in [0, 0.1) is 6.92 Å². The van der Waals surface area contributed by atoms with Gasteiger partial charge in [-0.1, -0.05) is 16.9 Å². The molecule has 1 rings (SSSR count). The molecular weight excluding hydrogens is 150 g/mol. The van der Waals surface area contributed by atoms with Crippen molar-refractivity contribution >= 4 is 16.9 Å². The second-order valence-electron chi connectivity index (χ2n) is 1.82. The van der Waals surface area contributed by atoms with Gasteiger partial charge in [0.2, 0.25) is 5.76 Å². The SMILES string of the molecule is CSC(=O)c1cc(C)no1. The minimum absolute atomic E-state index is 0.0828. The van der Waals surface area contributed by atoms with Crippen molar-refractivity contribution in [1.82, 2.24) is 5.16 Å². The van der Waals surface area contributed by atoms with Crippen LogP contribution in [0.15, 0.2) is 10.6 Å². The Balaban J connectivity index is 2.85. The van der Waals surface area contributed by atoms with Crippen LogP contribution in [0.5, 0.6) is 0 Å². The summed E-state index contributed by atoms with van der Waals surface area (Å²) in [5.74, 6) is 0.324. The van der Waals surface area contributed by atoms with Crippen LogP contribution in [0.3, 0.4) is 0 Å². The van der Waals surface area contributed by atoms with E-state index in [0.29, 0.717) is 5.76 Å². The highest BCUT2D eigenvalue weighted by Gasteiger charge is 2.08. The summed E-state index contributed by atoms with van der Waals surface area (Å²) in [5.41, 5.74) is 0.734. The highest BCUT2D eigenvalue weighted by molar-refractivity contribution is 8.13. The smallest absolute Gasteiger partial charge is 0.257 e. The normalized spacial score (nSPS) is 9.80.